The molecule has 1 rings (SSSR count). The maximum absolute atomic E-state index is 12.1. The Morgan fingerprint density at radius 2 is 1.96 bits per heavy atom. The number of carbonyl (C=O) groups is 2. The van der Waals surface area contributed by atoms with E-state index in [0.29, 0.717) is 0 Å². The lowest BCUT2D eigenvalue weighted by Crippen LogP contribution is -2.37. The summed E-state index contributed by atoms with van der Waals surface area (Å²) in [5.74, 6) is -0.241. The van der Waals surface area contributed by atoms with Gasteiger partial charge in [-0.3, -0.25) is 9.63 Å². The number of alkyl carbamates (subject to hydrolysis) is 1. The van der Waals surface area contributed by atoms with Gasteiger partial charge in [-0.05, 0) is 33.3 Å². The Labute approximate surface area is 137 Å². The number of aryl methyl sites for hydroxylation is 1. The number of hydrogen-bond acceptors (Lipinski definition) is 4. The quantitative estimate of drug-likeness (QED) is 0.846. The van der Waals surface area contributed by atoms with Crippen LogP contribution < -0.4 is 5.32 Å². The zero-order valence-electron chi connectivity index (χ0n) is 14.7. The average Bonchev–Trinajstić information content (AvgIpc) is 2.43. The molecule has 0 radical (unpaired) electrons. The van der Waals surface area contributed by atoms with Crippen molar-refractivity contribution >= 4 is 12.0 Å². The third-order valence-electron chi connectivity index (χ3n) is 3.14. The van der Waals surface area contributed by atoms with E-state index in [0.717, 1.165) is 16.2 Å². The number of hydroxylamine groups is 2. The van der Waals surface area contributed by atoms with E-state index in [2.05, 4.69) is 5.32 Å². The van der Waals surface area contributed by atoms with Crippen molar-refractivity contribution in [2.45, 2.75) is 45.8 Å². The lowest BCUT2D eigenvalue weighted by atomic mass is 10.0. The van der Waals surface area contributed by atoms with E-state index in [4.69, 9.17) is 9.57 Å². The molecule has 128 valence electrons. The van der Waals surface area contributed by atoms with Crippen molar-refractivity contribution in [1.29, 1.82) is 0 Å². The predicted molar refractivity (Wildman–Crippen MR) is 87.7 cm³/mol. The lowest BCUT2D eigenvalue weighted by molar-refractivity contribution is -0.169. The molecule has 0 spiro atoms. The number of amides is 2. The minimum atomic E-state index is -0.603. The highest BCUT2D eigenvalue weighted by atomic mass is 16.7. The van der Waals surface area contributed by atoms with Crippen molar-refractivity contribution < 1.29 is 19.2 Å². The van der Waals surface area contributed by atoms with Crippen molar-refractivity contribution in [2.75, 3.05) is 14.2 Å². The van der Waals surface area contributed by atoms with Crippen LogP contribution in [0.5, 0.6) is 0 Å². The zero-order valence-corrected chi connectivity index (χ0v) is 14.7. The summed E-state index contributed by atoms with van der Waals surface area (Å²) in [5.41, 5.74) is 1.29. The van der Waals surface area contributed by atoms with Crippen LogP contribution in [-0.4, -0.2) is 36.8 Å². The van der Waals surface area contributed by atoms with Crippen LogP contribution in [-0.2, 0) is 14.4 Å². The van der Waals surface area contributed by atoms with Crippen molar-refractivity contribution in [2.24, 2.45) is 0 Å². The minimum absolute atomic E-state index is 0.0764. The first-order valence-electron chi connectivity index (χ1n) is 7.49. The summed E-state index contributed by atoms with van der Waals surface area (Å²) < 4.78 is 5.28. The van der Waals surface area contributed by atoms with Crippen molar-refractivity contribution in [3.05, 3.63) is 35.4 Å². The predicted octanol–water partition coefficient (Wildman–Crippen LogP) is 2.97. The number of nitrogens with one attached hydrogen (secondary N) is 1. The first kappa shape index (κ1) is 19.0. The molecule has 1 aromatic rings. The highest BCUT2D eigenvalue weighted by Crippen LogP contribution is 2.20. The molecule has 2 amide bonds. The second kappa shape index (κ2) is 7.97. The van der Waals surface area contributed by atoms with Crippen molar-refractivity contribution in [3.63, 3.8) is 0 Å². The molecule has 6 heteroatoms. The van der Waals surface area contributed by atoms with Crippen LogP contribution >= 0.6 is 0 Å². The summed E-state index contributed by atoms with van der Waals surface area (Å²) in [6, 6.07) is 7.16. The molecule has 0 aliphatic heterocycles. The zero-order chi connectivity index (χ0) is 17.6. The number of hydrogen-bond donors (Lipinski definition) is 1. The molecule has 1 aromatic carbocycles. The second-order valence-electron chi connectivity index (χ2n) is 6.39. The summed E-state index contributed by atoms with van der Waals surface area (Å²) in [6.45, 7) is 7.32. The van der Waals surface area contributed by atoms with Crippen LogP contribution in [0, 0.1) is 6.92 Å². The van der Waals surface area contributed by atoms with Crippen LogP contribution in [0.1, 0.15) is 44.4 Å². The number of nitrogens with zero attached hydrogens (tertiary/aromatic N) is 1. The first-order chi connectivity index (χ1) is 10.6. The van der Waals surface area contributed by atoms with Gasteiger partial charge in [-0.15, -0.1) is 0 Å². The molecule has 0 heterocycles. The molecule has 0 saturated carbocycles. The molecular formula is C17H26N2O4. The minimum Gasteiger partial charge on any atom is -0.444 e. The van der Waals surface area contributed by atoms with Crippen molar-refractivity contribution in [3.8, 4) is 0 Å². The lowest BCUT2D eigenvalue weighted by Gasteiger charge is -2.25. The fourth-order valence-corrected chi connectivity index (χ4v) is 1.99. The van der Waals surface area contributed by atoms with Gasteiger partial charge in [-0.1, -0.05) is 29.8 Å². The Morgan fingerprint density at radius 3 is 2.48 bits per heavy atom. The van der Waals surface area contributed by atoms with E-state index >= 15 is 0 Å². The normalized spacial score (nSPS) is 12.4. The van der Waals surface area contributed by atoms with E-state index in [1.165, 1.54) is 14.2 Å². The van der Waals surface area contributed by atoms with E-state index in [9.17, 15) is 9.59 Å². The molecule has 0 fully saturated rings. The fourth-order valence-electron chi connectivity index (χ4n) is 1.99. The Morgan fingerprint density at radius 1 is 1.30 bits per heavy atom. The van der Waals surface area contributed by atoms with Crippen LogP contribution in [0.3, 0.4) is 0 Å². The summed E-state index contributed by atoms with van der Waals surface area (Å²) in [6.07, 6.45) is -0.482. The maximum Gasteiger partial charge on any atom is 0.408 e. The van der Waals surface area contributed by atoms with E-state index in [1.54, 1.807) is 20.8 Å². The summed E-state index contributed by atoms with van der Waals surface area (Å²) in [7, 11) is 2.95. The number of rotatable bonds is 5. The third-order valence-corrected chi connectivity index (χ3v) is 3.14. The molecule has 1 unspecified atom stereocenters. The van der Waals surface area contributed by atoms with E-state index < -0.39 is 17.7 Å². The van der Waals surface area contributed by atoms with Gasteiger partial charge in [-0.2, -0.15) is 0 Å². The Hall–Kier alpha value is -2.08. The first-order valence-corrected chi connectivity index (χ1v) is 7.49. The van der Waals surface area contributed by atoms with Gasteiger partial charge in [0.25, 0.3) is 0 Å². The molecule has 0 aromatic heterocycles. The number of carbonyl (C=O) groups excluding carboxylic acids is 2. The topological polar surface area (TPSA) is 67.9 Å². The molecule has 1 atom stereocenters. The monoisotopic (exact) mass is 322 g/mol. The van der Waals surface area contributed by atoms with Gasteiger partial charge in [0, 0.05) is 7.05 Å². The Kier molecular flexibility index (Phi) is 6.57. The van der Waals surface area contributed by atoms with E-state index in [-0.39, 0.29) is 12.3 Å². The maximum atomic E-state index is 12.1. The Bertz CT molecular complexity index is 552. The largest absolute Gasteiger partial charge is 0.444 e. The third kappa shape index (κ3) is 6.69. The molecule has 23 heavy (non-hydrogen) atoms. The second-order valence-corrected chi connectivity index (χ2v) is 6.39. The summed E-state index contributed by atoms with van der Waals surface area (Å²) in [4.78, 5) is 29.1. The highest BCUT2D eigenvalue weighted by Gasteiger charge is 2.24. The van der Waals surface area contributed by atoms with Crippen molar-refractivity contribution in [1.82, 2.24) is 10.4 Å². The summed E-state index contributed by atoms with van der Waals surface area (Å²) in [5, 5.41) is 3.90. The number of benzene rings is 1. The molecule has 0 aliphatic rings. The standard InChI is InChI=1S/C17H26N2O4/c1-12-8-7-9-13(10-12)14(11-15(20)19(5)22-6)18-16(21)23-17(2,3)4/h7-10,14H,11H2,1-6H3,(H,18,21). The molecule has 0 saturated heterocycles. The van der Waals surface area contributed by atoms with Gasteiger partial charge in [0.05, 0.1) is 19.6 Å². The Balaban J connectivity index is 2.93. The van der Waals surface area contributed by atoms with Gasteiger partial charge in [0.15, 0.2) is 0 Å². The van der Waals surface area contributed by atoms with Gasteiger partial charge < -0.3 is 10.1 Å². The average molecular weight is 322 g/mol. The number of ether oxygens (including phenoxy) is 1. The molecule has 0 aliphatic carbocycles. The molecule has 6 nitrogen and oxygen atoms in total. The SMILES string of the molecule is CON(C)C(=O)CC(NC(=O)OC(C)(C)C)c1cccc(C)c1. The van der Waals surface area contributed by atoms with Crippen LogP contribution in [0.2, 0.25) is 0 Å². The molecule has 0 bridgehead atoms. The highest BCUT2D eigenvalue weighted by molar-refractivity contribution is 5.77. The molecular weight excluding hydrogens is 296 g/mol. The fraction of sp³-hybridized carbons (Fsp3) is 0.529. The van der Waals surface area contributed by atoms with Crippen LogP contribution in [0.15, 0.2) is 24.3 Å². The summed E-state index contributed by atoms with van der Waals surface area (Å²) >= 11 is 0. The van der Waals surface area contributed by atoms with Gasteiger partial charge in [0.2, 0.25) is 5.91 Å². The molecule has 1 N–H and O–H groups in total. The smallest absolute Gasteiger partial charge is 0.408 e. The van der Waals surface area contributed by atoms with Gasteiger partial charge in [0.1, 0.15) is 5.60 Å². The van der Waals surface area contributed by atoms with E-state index in [1.807, 2.05) is 31.2 Å². The van der Waals surface area contributed by atoms with Crippen LogP contribution in [0.25, 0.3) is 0 Å². The van der Waals surface area contributed by atoms with Crippen LogP contribution in [0.4, 0.5) is 4.79 Å². The van der Waals surface area contributed by atoms with Gasteiger partial charge in [-0.25, -0.2) is 9.86 Å². The van der Waals surface area contributed by atoms with Gasteiger partial charge >= 0.3 is 6.09 Å².